The first kappa shape index (κ1) is 16.8. The molecule has 6 heteroatoms. The predicted molar refractivity (Wildman–Crippen MR) is 76.9 cm³/mol. The zero-order valence-corrected chi connectivity index (χ0v) is 11.7. The van der Waals surface area contributed by atoms with Crippen molar-refractivity contribution >= 4 is 5.91 Å². The van der Waals surface area contributed by atoms with Crippen LogP contribution in [0.4, 0.5) is 0 Å². The molecule has 1 amide bonds. The third-order valence-corrected chi connectivity index (χ3v) is 2.45. The normalized spacial score (nSPS) is 10.9. The second-order valence-electron chi connectivity index (χ2n) is 3.72. The second kappa shape index (κ2) is 7.99. The highest BCUT2D eigenvalue weighted by molar-refractivity contribution is 5.91. The number of hydrogen-bond donors (Lipinski definition) is 4. The predicted octanol–water partition coefficient (Wildman–Crippen LogP) is 0.269. The Morgan fingerprint density at radius 2 is 1.68 bits per heavy atom. The molecule has 0 aliphatic heterocycles. The molecule has 0 spiro atoms. The summed E-state index contributed by atoms with van der Waals surface area (Å²) < 4.78 is 0. The zero-order chi connectivity index (χ0) is 15.0. The number of hydrogen-bond acceptors (Lipinski definition) is 5. The van der Waals surface area contributed by atoms with Gasteiger partial charge in [-0.15, -0.1) is 0 Å². The van der Waals surface area contributed by atoms with E-state index in [0.717, 1.165) is 11.1 Å². The topological polar surface area (TPSA) is 124 Å². The van der Waals surface area contributed by atoms with Gasteiger partial charge in [0.2, 0.25) is 0 Å². The monoisotopic (exact) mass is 265 g/mol. The lowest BCUT2D eigenvalue weighted by molar-refractivity contribution is -0.114. The van der Waals surface area contributed by atoms with E-state index in [2.05, 4.69) is 0 Å². The van der Waals surface area contributed by atoms with Gasteiger partial charge >= 0.3 is 0 Å². The minimum absolute atomic E-state index is 0.0271. The average Bonchev–Trinajstić information content (AvgIpc) is 2.41. The van der Waals surface area contributed by atoms with E-state index in [1.807, 2.05) is 45.0 Å². The van der Waals surface area contributed by atoms with Gasteiger partial charge in [0.15, 0.2) is 0 Å². The fourth-order valence-electron chi connectivity index (χ4n) is 1.34. The van der Waals surface area contributed by atoms with Crippen LogP contribution in [0, 0.1) is 6.92 Å². The van der Waals surface area contributed by atoms with E-state index in [9.17, 15) is 4.79 Å². The average molecular weight is 265 g/mol. The molecule has 0 atom stereocenters. The van der Waals surface area contributed by atoms with E-state index in [1.54, 1.807) is 0 Å². The van der Waals surface area contributed by atoms with Crippen molar-refractivity contribution in [2.24, 2.45) is 23.0 Å². The number of carbonyl (C=O) groups is 1. The first-order valence-electron chi connectivity index (χ1n) is 6.05. The van der Waals surface area contributed by atoms with Crippen LogP contribution < -0.4 is 23.0 Å². The summed E-state index contributed by atoms with van der Waals surface area (Å²) in [5, 5.41) is 1.20. The summed E-state index contributed by atoms with van der Waals surface area (Å²) in [7, 11) is 0. The van der Waals surface area contributed by atoms with Crippen LogP contribution in [0.1, 0.15) is 25.0 Å². The van der Waals surface area contributed by atoms with Crippen molar-refractivity contribution in [3.8, 4) is 0 Å². The van der Waals surface area contributed by atoms with Gasteiger partial charge in [0.05, 0.1) is 6.54 Å². The van der Waals surface area contributed by atoms with Gasteiger partial charge in [-0.1, -0.05) is 38.1 Å². The van der Waals surface area contributed by atoms with E-state index in [0.29, 0.717) is 6.54 Å². The molecule has 1 aromatic carbocycles. The van der Waals surface area contributed by atoms with Crippen LogP contribution in [-0.2, 0) is 11.3 Å². The van der Waals surface area contributed by atoms with Crippen molar-refractivity contribution in [3.05, 3.63) is 46.9 Å². The standard InChI is InChI=1S/C11H17N5O.C2H6/c1-7-4-2-3-5-8(7)6-16(15)10(13)9(12)11(14)17;1-2/h2-5H,6,12-13,15H2,1H3,(H2,14,17);1-2H3/b10-9-;. The zero-order valence-electron chi connectivity index (χ0n) is 11.7. The minimum atomic E-state index is -0.789. The lowest BCUT2D eigenvalue weighted by atomic mass is 10.1. The van der Waals surface area contributed by atoms with Crippen LogP contribution in [0.2, 0.25) is 0 Å². The molecule has 0 fully saturated rings. The van der Waals surface area contributed by atoms with Gasteiger partial charge in [0, 0.05) is 0 Å². The maximum absolute atomic E-state index is 10.8. The number of benzene rings is 1. The van der Waals surface area contributed by atoms with Crippen LogP contribution in [0.15, 0.2) is 35.8 Å². The molecular weight excluding hydrogens is 242 g/mol. The van der Waals surface area contributed by atoms with Crippen molar-refractivity contribution in [1.82, 2.24) is 5.01 Å². The van der Waals surface area contributed by atoms with Gasteiger partial charge in [-0.25, -0.2) is 5.84 Å². The van der Waals surface area contributed by atoms with Crippen LogP contribution >= 0.6 is 0 Å². The van der Waals surface area contributed by atoms with Crippen LogP contribution in [0.3, 0.4) is 0 Å². The molecule has 0 aliphatic carbocycles. The molecule has 0 radical (unpaired) electrons. The Kier molecular flexibility index (Phi) is 7.06. The number of hydrazine groups is 1. The van der Waals surface area contributed by atoms with Gasteiger partial charge in [-0.3, -0.25) is 9.80 Å². The smallest absolute Gasteiger partial charge is 0.268 e. The van der Waals surface area contributed by atoms with Crippen LogP contribution in [0.5, 0.6) is 0 Å². The summed E-state index contributed by atoms with van der Waals surface area (Å²) in [6.07, 6.45) is 0. The Hall–Kier alpha value is -2.21. The molecule has 0 heterocycles. The van der Waals surface area contributed by atoms with Crippen LogP contribution in [-0.4, -0.2) is 10.9 Å². The largest absolute Gasteiger partial charge is 0.391 e. The van der Waals surface area contributed by atoms with E-state index < -0.39 is 5.91 Å². The van der Waals surface area contributed by atoms with E-state index in [-0.39, 0.29) is 11.5 Å². The SMILES string of the molecule is CC.Cc1ccccc1CN(N)/C(N)=C(\N)C(N)=O. The fraction of sp³-hybridized carbons (Fsp3) is 0.308. The lowest BCUT2D eigenvalue weighted by Crippen LogP contribution is -2.39. The summed E-state index contributed by atoms with van der Waals surface area (Å²) in [5.74, 6) is 4.90. The van der Waals surface area contributed by atoms with Gasteiger partial charge in [-0.05, 0) is 18.1 Å². The third kappa shape index (κ3) is 4.89. The highest BCUT2D eigenvalue weighted by Crippen LogP contribution is 2.10. The van der Waals surface area contributed by atoms with E-state index in [1.165, 1.54) is 5.01 Å². The Morgan fingerprint density at radius 1 is 1.16 bits per heavy atom. The first-order chi connectivity index (χ1) is 8.93. The van der Waals surface area contributed by atoms with Gasteiger partial charge in [-0.2, -0.15) is 0 Å². The molecule has 19 heavy (non-hydrogen) atoms. The quantitative estimate of drug-likeness (QED) is 0.353. The number of primary amides is 1. The summed E-state index contributed by atoms with van der Waals surface area (Å²) in [6, 6.07) is 7.70. The number of amides is 1. The number of carbonyl (C=O) groups excluding carboxylic acids is 1. The number of nitrogens with zero attached hydrogens (tertiary/aromatic N) is 1. The van der Waals surface area contributed by atoms with Crippen molar-refractivity contribution < 1.29 is 4.79 Å². The molecule has 0 aliphatic rings. The van der Waals surface area contributed by atoms with Crippen LogP contribution in [0.25, 0.3) is 0 Å². The van der Waals surface area contributed by atoms with Crippen molar-refractivity contribution in [3.63, 3.8) is 0 Å². The first-order valence-corrected chi connectivity index (χ1v) is 6.05. The maximum Gasteiger partial charge on any atom is 0.268 e. The van der Waals surface area contributed by atoms with Gasteiger partial charge in [0.25, 0.3) is 5.91 Å². The lowest BCUT2D eigenvalue weighted by Gasteiger charge is -2.20. The molecule has 106 valence electrons. The Morgan fingerprint density at radius 3 is 2.16 bits per heavy atom. The summed E-state index contributed by atoms with van der Waals surface area (Å²) in [6.45, 7) is 6.31. The van der Waals surface area contributed by atoms with E-state index in [4.69, 9.17) is 23.0 Å². The molecule has 6 nitrogen and oxygen atoms in total. The van der Waals surface area contributed by atoms with Crippen molar-refractivity contribution in [2.75, 3.05) is 0 Å². The molecule has 8 N–H and O–H groups in total. The minimum Gasteiger partial charge on any atom is -0.391 e. The highest BCUT2D eigenvalue weighted by Gasteiger charge is 2.11. The molecule has 0 saturated heterocycles. The highest BCUT2D eigenvalue weighted by atomic mass is 16.1. The number of nitrogens with two attached hydrogens (primary N) is 4. The summed E-state index contributed by atoms with van der Waals surface area (Å²) in [5.41, 5.74) is 17.9. The summed E-state index contributed by atoms with van der Waals surface area (Å²) in [4.78, 5) is 10.8. The van der Waals surface area contributed by atoms with Gasteiger partial charge < -0.3 is 17.2 Å². The molecule has 0 saturated carbocycles. The van der Waals surface area contributed by atoms with Crippen molar-refractivity contribution in [2.45, 2.75) is 27.3 Å². The molecule has 0 bridgehead atoms. The third-order valence-electron chi connectivity index (χ3n) is 2.45. The Bertz CT molecular complexity index is 456. The maximum atomic E-state index is 10.8. The van der Waals surface area contributed by atoms with E-state index >= 15 is 0 Å². The number of rotatable bonds is 4. The molecule has 0 aromatic heterocycles. The Balaban J connectivity index is 0.00000154. The van der Waals surface area contributed by atoms with Gasteiger partial charge in [0.1, 0.15) is 11.5 Å². The fourth-order valence-corrected chi connectivity index (χ4v) is 1.34. The Labute approximate surface area is 114 Å². The molecule has 1 aromatic rings. The second-order valence-corrected chi connectivity index (χ2v) is 3.72. The van der Waals surface area contributed by atoms with Crippen molar-refractivity contribution in [1.29, 1.82) is 0 Å². The molecule has 1 rings (SSSR count). The number of aryl methyl sites for hydroxylation is 1. The summed E-state index contributed by atoms with van der Waals surface area (Å²) >= 11 is 0. The molecule has 0 unspecified atom stereocenters. The molecular formula is C13H23N5O.